The van der Waals surface area contributed by atoms with Gasteiger partial charge in [0.25, 0.3) is 11.6 Å². The van der Waals surface area contributed by atoms with Gasteiger partial charge in [-0.3, -0.25) is 19.8 Å². The minimum Gasteiger partial charge on any atom is -0.327 e. The van der Waals surface area contributed by atoms with Gasteiger partial charge in [-0.15, -0.1) is 0 Å². The van der Waals surface area contributed by atoms with Crippen molar-refractivity contribution < 1.29 is 9.72 Å². The third kappa shape index (κ3) is 3.41. The van der Waals surface area contributed by atoms with Crippen molar-refractivity contribution in [2.24, 2.45) is 0 Å². The van der Waals surface area contributed by atoms with Gasteiger partial charge in [-0.1, -0.05) is 24.3 Å². The average molecular weight is 404 g/mol. The van der Waals surface area contributed by atoms with E-state index in [-0.39, 0.29) is 11.6 Å². The number of carbonyl (C=O) groups excluding carboxylic acids is 1. The van der Waals surface area contributed by atoms with Crippen molar-refractivity contribution >= 4 is 40.7 Å². The van der Waals surface area contributed by atoms with Gasteiger partial charge in [0, 0.05) is 24.0 Å². The van der Waals surface area contributed by atoms with Crippen LogP contribution < -0.4 is 10.2 Å². The first-order chi connectivity index (χ1) is 14.0. The smallest absolute Gasteiger partial charge is 0.281 e. The van der Waals surface area contributed by atoms with Gasteiger partial charge in [0.15, 0.2) is 5.11 Å². The van der Waals surface area contributed by atoms with Crippen molar-refractivity contribution in [3.8, 4) is 5.69 Å². The summed E-state index contributed by atoms with van der Waals surface area (Å²) in [6.45, 7) is 1.92. The van der Waals surface area contributed by atoms with Crippen molar-refractivity contribution in [1.82, 2.24) is 9.88 Å². The standard InChI is InChI=1S/C21H16N4O3S/c1-14-6-2-3-10-19(14)24-20(26)18(22-21(24)29)13-16-9-5-11-23(16)15-7-4-8-17(12-15)25(27)28/h2-13H,1H3,(H,22,29)/b18-13+. The van der Waals surface area contributed by atoms with Gasteiger partial charge in [-0.25, -0.2) is 0 Å². The Bertz CT molecular complexity index is 1180. The van der Waals surface area contributed by atoms with Crippen LogP contribution >= 0.6 is 12.2 Å². The molecule has 0 atom stereocenters. The summed E-state index contributed by atoms with van der Waals surface area (Å²) in [7, 11) is 0. The maximum absolute atomic E-state index is 13.0. The Hall–Kier alpha value is -3.78. The zero-order valence-electron chi connectivity index (χ0n) is 15.4. The fraction of sp³-hybridized carbons (Fsp3) is 0.0476. The highest BCUT2D eigenvalue weighted by Gasteiger charge is 2.32. The van der Waals surface area contributed by atoms with E-state index in [1.54, 1.807) is 29.0 Å². The molecule has 1 N–H and O–H groups in total. The first-order valence-electron chi connectivity index (χ1n) is 8.80. The maximum atomic E-state index is 13.0. The van der Waals surface area contributed by atoms with E-state index in [1.165, 1.54) is 17.0 Å². The van der Waals surface area contributed by atoms with E-state index in [1.807, 2.05) is 43.3 Å². The van der Waals surface area contributed by atoms with Crippen LogP contribution in [0.25, 0.3) is 11.8 Å². The molecule has 1 amide bonds. The second kappa shape index (κ2) is 7.33. The highest BCUT2D eigenvalue weighted by molar-refractivity contribution is 7.80. The topological polar surface area (TPSA) is 80.4 Å². The number of hydrogen-bond acceptors (Lipinski definition) is 4. The number of anilines is 1. The van der Waals surface area contributed by atoms with Gasteiger partial charge < -0.3 is 9.88 Å². The monoisotopic (exact) mass is 404 g/mol. The van der Waals surface area contributed by atoms with E-state index in [0.717, 1.165) is 11.3 Å². The first-order valence-corrected chi connectivity index (χ1v) is 9.21. The Balaban J connectivity index is 1.70. The summed E-state index contributed by atoms with van der Waals surface area (Å²) in [6.07, 6.45) is 3.47. The average Bonchev–Trinajstić information content (AvgIpc) is 3.27. The molecule has 8 heteroatoms. The van der Waals surface area contributed by atoms with Crippen molar-refractivity contribution in [1.29, 1.82) is 0 Å². The minimum absolute atomic E-state index is 0.00298. The Morgan fingerprint density at radius 3 is 2.66 bits per heavy atom. The molecule has 3 aromatic rings. The molecule has 144 valence electrons. The SMILES string of the molecule is Cc1ccccc1N1C(=O)/C(=C\c2cccn2-c2cccc([N+](=O)[O-])c2)NC1=S. The molecular formula is C21H16N4O3S. The molecule has 0 aliphatic carbocycles. The highest BCUT2D eigenvalue weighted by atomic mass is 32.1. The number of nitrogens with zero attached hydrogens (tertiary/aromatic N) is 3. The number of non-ortho nitro benzene ring substituents is 1. The predicted octanol–water partition coefficient (Wildman–Crippen LogP) is 3.96. The fourth-order valence-corrected chi connectivity index (χ4v) is 3.51. The zero-order valence-corrected chi connectivity index (χ0v) is 16.2. The molecule has 1 aromatic heterocycles. The van der Waals surface area contributed by atoms with E-state index < -0.39 is 4.92 Å². The number of aromatic nitrogens is 1. The molecule has 4 rings (SSSR count). The van der Waals surface area contributed by atoms with E-state index in [9.17, 15) is 14.9 Å². The number of hydrogen-bond donors (Lipinski definition) is 1. The van der Waals surface area contributed by atoms with Crippen LogP contribution in [0.15, 0.2) is 72.6 Å². The molecule has 0 bridgehead atoms. The number of thiocarbonyl (C=S) groups is 1. The van der Waals surface area contributed by atoms with Gasteiger partial charge in [0.2, 0.25) is 0 Å². The second-order valence-electron chi connectivity index (χ2n) is 6.50. The number of para-hydroxylation sites is 1. The normalized spacial score (nSPS) is 15.1. The molecule has 2 aromatic carbocycles. The number of aryl methyl sites for hydroxylation is 1. The summed E-state index contributed by atoms with van der Waals surface area (Å²) in [5.41, 5.74) is 3.31. The van der Waals surface area contributed by atoms with Crippen LogP contribution in [0.3, 0.4) is 0 Å². The molecule has 1 fully saturated rings. The van der Waals surface area contributed by atoms with E-state index in [4.69, 9.17) is 12.2 Å². The highest BCUT2D eigenvalue weighted by Crippen LogP contribution is 2.26. The van der Waals surface area contributed by atoms with Crippen LogP contribution in [0, 0.1) is 17.0 Å². The van der Waals surface area contributed by atoms with E-state index >= 15 is 0 Å². The Kier molecular flexibility index (Phi) is 4.69. The Morgan fingerprint density at radius 1 is 1.10 bits per heavy atom. The van der Waals surface area contributed by atoms with Gasteiger partial charge in [-0.2, -0.15) is 0 Å². The number of rotatable bonds is 4. The number of nitro groups is 1. The van der Waals surface area contributed by atoms with Gasteiger partial charge in [0.05, 0.1) is 16.3 Å². The van der Waals surface area contributed by atoms with Crippen LogP contribution in [0.1, 0.15) is 11.3 Å². The predicted molar refractivity (Wildman–Crippen MR) is 115 cm³/mol. The number of carbonyl (C=O) groups is 1. The van der Waals surface area contributed by atoms with Crippen molar-refractivity contribution in [2.75, 3.05) is 4.90 Å². The molecule has 1 aliphatic rings. The van der Waals surface area contributed by atoms with Crippen LogP contribution in [0.4, 0.5) is 11.4 Å². The molecule has 0 radical (unpaired) electrons. The summed E-state index contributed by atoms with van der Waals surface area (Å²) in [5.74, 6) is -0.254. The van der Waals surface area contributed by atoms with Crippen LogP contribution in [-0.4, -0.2) is 20.5 Å². The summed E-state index contributed by atoms with van der Waals surface area (Å²) < 4.78 is 1.77. The molecule has 0 unspecified atom stereocenters. The molecule has 1 aliphatic heterocycles. The first kappa shape index (κ1) is 18.6. The lowest BCUT2D eigenvalue weighted by Gasteiger charge is -2.16. The molecular weight excluding hydrogens is 388 g/mol. The van der Waals surface area contributed by atoms with Crippen LogP contribution in [0.2, 0.25) is 0 Å². The quantitative estimate of drug-likeness (QED) is 0.308. The van der Waals surface area contributed by atoms with Crippen molar-refractivity contribution in [3.63, 3.8) is 0 Å². The summed E-state index contributed by atoms with van der Waals surface area (Å²) >= 11 is 5.38. The van der Waals surface area contributed by atoms with Gasteiger partial charge in [0.1, 0.15) is 5.70 Å². The fourth-order valence-electron chi connectivity index (χ4n) is 3.22. The van der Waals surface area contributed by atoms with Crippen molar-refractivity contribution in [2.45, 2.75) is 6.92 Å². The van der Waals surface area contributed by atoms with E-state index in [0.29, 0.717) is 22.2 Å². The lowest BCUT2D eigenvalue weighted by molar-refractivity contribution is -0.384. The van der Waals surface area contributed by atoms with Crippen LogP contribution in [-0.2, 0) is 4.79 Å². The number of benzene rings is 2. The zero-order chi connectivity index (χ0) is 20.5. The Labute approximate surface area is 172 Å². The Morgan fingerprint density at radius 2 is 1.90 bits per heavy atom. The molecule has 0 spiro atoms. The second-order valence-corrected chi connectivity index (χ2v) is 6.88. The number of amides is 1. The van der Waals surface area contributed by atoms with Crippen LogP contribution in [0.5, 0.6) is 0 Å². The van der Waals surface area contributed by atoms with Crippen molar-refractivity contribution in [3.05, 3.63) is 93.9 Å². The third-order valence-corrected chi connectivity index (χ3v) is 4.91. The molecule has 0 saturated carbocycles. The number of nitrogens with one attached hydrogen (secondary N) is 1. The molecule has 2 heterocycles. The summed E-state index contributed by atoms with van der Waals surface area (Å²) in [5, 5.41) is 14.4. The third-order valence-electron chi connectivity index (χ3n) is 4.63. The minimum atomic E-state index is -0.439. The summed E-state index contributed by atoms with van der Waals surface area (Å²) in [6, 6.07) is 17.5. The largest absolute Gasteiger partial charge is 0.327 e. The molecule has 1 saturated heterocycles. The number of nitro benzene ring substituents is 1. The van der Waals surface area contributed by atoms with Gasteiger partial charge in [-0.05, 0) is 55.0 Å². The molecule has 7 nitrogen and oxygen atoms in total. The van der Waals surface area contributed by atoms with E-state index in [2.05, 4.69) is 5.32 Å². The molecule has 29 heavy (non-hydrogen) atoms. The van der Waals surface area contributed by atoms with Gasteiger partial charge >= 0.3 is 0 Å². The lowest BCUT2D eigenvalue weighted by Crippen LogP contribution is -2.30. The summed E-state index contributed by atoms with van der Waals surface area (Å²) in [4.78, 5) is 25.1. The lowest BCUT2D eigenvalue weighted by atomic mass is 10.2. The maximum Gasteiger partial charge on any atom is 0.281 e.